The van der Waals surface area contributed by atoms with Gasteiger partial charge in [0.05, 0.1) is 5.52 Å². The molecule has 1 aromatic heterocycles. The van der Waals surface area contributed by atoms with E-state index in [-0.39, 0.29) is 0 Å². The van der Waals surface area contributed by atoms with Crippen molar-refractivity contribution in [1.29, 1.82) is 0 Å². The number of piperidine rings is 1. The van der Waals surface area contributed by atoms with E-state index in [1.165, 1.54) is 25.8 Å². The van der Waals surface area contributed by atoms with E-state index in [1.807, 2.05) is 42.5 Å². The largest absolute Gasteiger partial charge is 0.368 e. The fourth-order valence-corrected chi connectivity index (χ4v) is 3.87. The lowest BCUT2D eigenvalue weighted by atomic mass is 10.0. The second-order valence-corrected chi connectivity index (χ2v) is 7.66. The van der Waals surface area contributed by atoms with Crippen molar-refractivity contribution in [2.75, 3.05) is 25.0 Å². The van der Waals surface area contributed by atoms with Crippen LogP contribution in [0.2, 0.25) is 5.02 Å². The molecule has 140 valence electrons. The summed E-state index contributed by atoms with van der Waals surface area (Å²) >= 11 is 6.02. The first-order chi connectivity index (χ1) is 13.2. The molecule has 2 heterocycles. The Labute approximate surface area is 165 Å². The predicted molar refractivity (Wildman–Crippen MR) is 113 cm³/mol. The molecule has 27 heavy (non-hydrogen) atoms. The van der Waals surface area contributed by atoms with Crippen LogP contribution in [0.1, 0.15) is 26.2 Å². The number of likely N-dealkylation sites (tertiary alicyclic amines) is 1. The highest BCUT2D eigenvalue weighted by molar-refractivity contribution is 6.30. The van der Waals surface area contributed by atoms with Crippen molar-refractivity contribution >= 4 is 28.3 Å². The van der Waals surface area contributed by atoms with Crippen molar-refractivity contribution in [2.24, 2.45) is 0 Å². The first kappa shape index (κ1) is 18.2. The minimum Gasteiger partial charge on any atom is -0.368 e. The van der Waals surface area contributed by atoms with Crippen molar-refractivity contribution in [3.05, 3.63) is 53.6 Å². The lowest BCUT2D eigenvalue weighted by Gasteiger charge is -2.33. The molecule has 1 saturated heterocycles. The molecule has 1 atom stereocenters. The smallest absolute Gasteiger partial charge is 0.162 e. The van der Waals surface area contributed by atoms with Crippen LogP contribution in [0.15, 0.2) is 48.5 Å². The molecule has 1 N–H and O–H groups in total. The van der Waals surface area contributed by atoms with Gasteiger partial charge in [-0.15, -0.1) is 0 Å². The summed E-state index contributed by atoms with van der Waals surface area (Å²) in [6, 6.07) is 16.5. The van der Waals surface area contributed by atoms with Gasteiger partial charge in [0.1, 0.15) is 5.82 Å². The van der Waals surface area contributed by atoms with E-state index in [0.717, 1.165) is 41.2 Å². The molecule has 0 bridgehead atoms. The van der Waals surface area contributed by atoms with Gasteiger partial charge in [0.25, 0.3) is 0 Å². The van der Waals surface area contributed by atoms with E-state index in [1.54, 1.807) is 0 Å². The number of halogens is 1. The predicted octanol–water partition coefficient (Wildman–Crippen LogP) is 5.24. The van der Waals surface area contributed by atoms with E-state index in [2.05, 4.69) is 23.2 Å². The van der Waals surface area contributed by atoms with Gasteiger partial charge in [-0.05, 0) is 62.7 Å². The average Bonchev–Trinajstić information content (AvgIpc) is 2.70. The summed E-state index contributed by atoms with van der Waals surface area (Å²) in [7, 11) is 0. The summed E-state index contributed by atoms with van der Waals surface area (Å²) < 4.78 is 0. The quantitative estimate of drug-likeness (QED) is 0.657. The zero-order valence-electron chi connectivity index (χ0n) is 15.7. The number of nitrogens with one attached hydrogen (secondary N) is 1. The van der Waals surface area contributed by atoms with Crippen molar-refractivity contribution in [3.63, 3.8) is 0 Å². The van der Waals surface area contributed by atoms with Crippen LogP contribution in [0.3, 0.4) is 0 Å². The Hall–Kier alpha value is -2.17. The number of rotatable bonds is 5. The maximum absolute atomic E-state index is 6.02. The summed E-state index contributed by atoms with van der Waals surface area (Å²) in [6.45, 7) is 5.45. The minimum absolute atomic E-state index is 0.673. The number of fused-ring (bicyclic) bond motifs is 1. The second-order valence-electron chi connectivity index (χ2n) is 7.23. The van der Waals surface area contributed by atoms with Crippen LogP contribution in [-0.4, -0.2) is 40.5 Å². The van der Waals surface area contributed by atoms with E-state index in [9.17, 15) is 0 Å². The van der Waals surface area contributed by atoms with E-state index < -0.39 is 0 Å². The van der Waals surface area contributed by atoms with Gasteiger partial charge >= 0.3 is 0 Å². The van der Waals surface area contributed by atoms with Crippen LogP contribution in [0.5, 0.6) is 0 Å². The minimum atomic E-state index is 0.673. The summed E-state index contributed by atoms with van der Waals surface area (Å²) in [4.78, 5) is 12.1. The maximum Gasteiger partial charge on any atom is 0.162 e. The Bertz CT molecular complexity index is 910. The molecule has 0 saturated carbocycles. The van der Waals surface area contributed by atoms with Gasteiger partial charge in [-0.2, -0.15) is 0 Å². The summed E-state index contributed by atoms with van der Waals surface area (Å²) in [5, 5.41) is 5.33. The van der Waals surface area contributed by atoms with Gasteiger partial charge in [0.15, 0.2) is 5.82 Å². The lowest BCUT2D eigenvalue weighted by Crippen LogP contribution is -2.40. The van der Waals surface area contributed by atoms with Gasteiger partial charge < -0.3 is 5.32 Å². The number of nitrogens with zero attached hydrogens (tertiary/aromatic N) is 3. The Morgan fingerprint density at radius 3 is 2.70 bits per heavy atom. The number of hydrogen-bond donors (Lipinski definition) is 1. The number of hydrogen-bond acceptors (Lipinski definition) is 4. The Morgan fingerprint density at radius 1 is 1.07 bits per heavy atom. The van der Waals surface area contributed by atoms with E-state index in [4.69, 9.17) is 21.6 Å². The molecule has 4 rings (SSSR count). The third-order valence-corrected chi connectivity index (χ3v) is 5.59. The zero-order valence-corrected chi connectivity index (χ0v) is 16.4. The fourth-order valence-electron chi connectivity index (χ4n) is 3.75. The second kappa shape index (κ2) is 8.24. The zero-order chi connectivity index (χ0) is 18.6. The fraction of sp³-hybridized carbons (Fsp3) is 0.364. The number of benzene rings is 2. The SMILES string of the molecule is C[C@H]1CCCCN1CCNc1nc(-c2ccc(Cl)cc2)nc2ccccc12. The summed E-state index contributed by atoms with van der Waals surface area (Å²) in [6.07, 6.45) is 3.96. The maximum atomic E-state index is 6.02. The van der Waals surface area contributed by atoms with Gasteiger partial charge in [0, 0.05) is 35.1 Å². The highest BCUT2D eigenvalue weighted by atomic mass is 35.5. The van der Waals surface area contributed by atoms with Crippen molar-refractivity contribution < 1.29 is 0 Å². The van der Waals surface area contributed by atoms with Crippen LogP contribution in [0.4, 0.5) is 5.82 Å². The molecule has 1 fully saturated rings. The van der Waals surface area contributed by atoms with Crippen LogP contribution >= 0.6 is 11.6 Å². The molecule has 1 aliphatic rings. The first-order valence-corrected chi connectivity index (χ1v) is 10.1. The highest BCUT2D eigenvalue weighted by Crippen LogP contribution is 2.26. The number of anilines is 1. The Kier molecular flexibility index (Phi) is 5.55. The molecular formula is C22H25ClN4. The van der Waals surface area contributed by atoms with Crippen LogP contribution in [0, 0.1) is 0 Å². The van der Waals surface area contributed by atoms with E-state index >= 15 is 0 Å². The van der Waals surface area contributed by atoms with Crippen molar-refractivity contribution in [1.82, 2.24) is 14.9 Å². The third kappa shape index (κ3) is 4.23. The molecule has 0 spiro atoms. The first-order valence-electron chi connectivity index (χ1n) is 9.71. The average molecular weight is 381 g/mol. The van der Waals surface area contributed by atoms with Crippen LogP contribution < -0.4 is 5.32 Å². The number of aromatic nitrogens is 2. The van der Waals surface area contributed by atoms with Gasteiger partial charge in [0.2, 0.25) is 0 Å². The molecule has 0 unspecified atom stereocenters. The topological polar surface area (TPSA) is 41.0 Å². The van der Waals surface area contributed by atoms with Crippen molar-refractivity contribution in [2.45, 2.75) is 32.2 Å². The number of para-hydroxylation sites is 1. The van der Waals surface area contributed by atoms with Crippen LogP contribution in [-0.2, 0) is 0 Å². The lowest BCUT2D eigenvalue weighted by molar-refractivity contribution is 0.167. The van der Waals surface area contributed by atoms with E-state index in [0.29, 0.717) is 11.1 Å². The molecule has 1 aliphatic heterocycles. The van der Waals surface area contributed by atoms with Gasteiger partial charge in [-0.3, -0.25) is 4.90 Å². The summed E-state index contributed by atoms with van der Waals surface area (Å²) in [5.41, 5.74) is 1.92. The van der Waals surface area contributed by atoms with Gasteiger partial charge in [-0.1, -0.05) is 30.2 Å². The van der Waals surface area contributed by atoms with Crippen LogP contribution in [0.25, 0.3) is 22.3 Å². The molecule has 2 aromatic carbocycles. The Morgan fingerprint density at radius 2 is 1.89 bits per heavy atom. The molecular weight excluding hydrogens is 356 g/mol. The molecule has 4 nitrogen and oxygen atoms in total. The molecule has 0 aliphatic carbocycles. The normalized spacial score (nSPS) is 17.9. The standard InChI is InChI=1S/C22H25ClN4/c1-16-6-4-5-14-27(16)15-13-24-22-19-7-2-3-8-20(19)25-21(26-22)17-9-11-18(23)12-10-17/h2-3,7-12,16H,4-6,13-15H2,1H3,(H,24,25,26)/t16-/m0/s1. The van der Waals surface area contributed by atoms with Crippen molar-refractivity contribution in [3.8, 4) is 11.4 Å². The van der Waals surface area contributed by atoms with Gasteiger partial charge in [-0.25, -0.2) is 9.97 Å². The molecule has 0 radical (unpaired) electrons. The third-order valence-electron chi connectivity index (χ3n) is 5.34. The molecule has 0 amide bonds. The molecule has 3 aromatic rings. The highest BCUT2D eigenvalue weighted by Gasteiger charge is 2.17. The monoisotopic (exact) mass is 380 g/mol. The summed E-state index contributed by atoms with van der Waals surface area (Å²) in [5.74, 6) is 1.62. The Balaban J connectivity index is 1.57. The molecule has 5 heteroatoms.